The highest BCUT2D eigenvalue weighted by atomic mass is 35.5. The van der Waals surface area contributed by atoms with Gasteiger partial charge in [-0.05, 0) is 47.7 Å². The molecule has 6 nitrogen and oxygen atoms in total. The smallest absolute Gasteiger partial charge is 0.337 e. The van der Waals surface area contributed by atoms with Gasteiger partial charge in [0.1, 0.15) is 0 Å². The lowest BCUT2D eigenvalue weighted by atomic mass is 9.76. The molecule has 180 valence electrons. The third-order valence-corrected chi connectivity index (χ3v) is 9.39. The molecule has 2 aliphatic rings. The molecule has 5 rings (SSSR count). The zero-order chi connectivity index (χ0) is 24.9. The number of halogens is 3. The van der Waals surface area contributed by atoms with Crippen LogP contribution in [0.4, 0.5) is 11.4 Å². The molecule has 35 heavy (non-hydrogen) atoms. The summed E-state index contributed by atoms with van der Waals surface area (Å²) >= 11 is 21.2. The molecular formula is C25H19Cl3N2O4S. The summed E-state index contributed by atoms with van der Waals surface area (Å²) in [6.07, 6.45) is 0.656. The van der Waals surface area contributed by atoms with Gasteiger partial charge in [-0.1, -0.05) is 53.5 Å². The Bertz CT molecular complexity index is 1340. The first-order chi connectivity index (χ1) is 16.8. The van der Waals surface area contributed by atoms with Crippen LogP contribution in [-0.2, 0) is 0 Å². The van der Waals surface area contributed by atoms with Crippen LogP contribution in [0, 0.1) is 16.0 Å². The molecule has 0 saturated heterocycles. The molecule has 0 radical (unpaired) electrons. The molecule has 5 atom stereocenters. The molecule has 1 aliphatic carbocycles. The molecule has 2 N–H and O–H groups in total. The van der Waals surface area contributed by atoms with E-state index in [0.717, 1.165) is 11.1 Å². The number of hydrogen-bond donors (Lipinski definition) is 2. The summed E-state index contributed by atoms with van der Waals surface area (Å²) in [6, 6.07) is 16.8. The maximum atomic E-state index is 12.0. The minimum atomic E-state index is -1.04. The number of hydrogen-bond acceptors (Lipinski definition) is 5. The van der Waals surface area contributed by atoms with Gasteiger partial charge in [-0.25, -0.2) is 4.79 Å². The molecule has 1 fully saturated rings. The van der Waals surface area contributed by atoms with Gasteiger partial charge in [0.25, 0.3) is 5.69 Å². The average molecular weight is 550 g/mol. The minimum absolute atomic E-state index is 0.0204. The zero-order valence-electron chi connectivity index (χ0n) is 18.0. The number of nitrogens with zero attached hydrogens (tertiary/aromatic N) is 1. The number of carboxylic acids is 1. The Kier molecular flexibility index (Phi) is 6.61. The number of rotatable bonds is 5. The Balaban J connectivity index is 1.60. The van der Waals surface area contributed by atoms with Gasteiger partial charge in [-0.2, -0.15) is 0 Å². The number of para-hydroxylation sites is 2. The summed E-state index contributed by atoms with van der Waals surface area (Å²) in [5.41, 5.74) is 2.37. The summed E-state index contributed by atoms with van der Waals surface area (Å²) in [6.45, 7) is 0. The van der Waals surface area contributed by atoms with Crippen LogP contribution in [0.15, 0.2) is 65.6 Å². The van der Waals surface area contributed by atoms with Crippen molar-refractivity contribution in [3.8, 4) is 0 Å². The normalized spacial score (nSPS) is 24.8. The average Bonchev–Trinajstić information content (AvgIpc) is 3.14. The fourth-order valence-corrected chi connectivity index (χ4v) is 7.72. The van der Waals surface area contributed by atoms with Crippen LogP contribution in [0.25, 0.3) is 0 Å². The van der Waals surface area contributed by atoms with E-state index in [-0.39, 0.29) is 44.7 Å². The van der Waals surface area contributed by atoms with Crippen LogP contribution in [0.2, 0.25) is 10.0 Å². The molecule has 0 aromatic heterocycles. The van der Waals surface area contributed by atoms with Crippen molar-refractivity contribution in [2.24, 2.45) is 5.92 Å². The first kappa shape index (κ1) is 24.3. The number of benzene rings is 3. The van der Waals surface area contributed by atoms with Crippen LogP contribution in [0.3, 0.4) is 0 Å². The Morgan fingerprint density at radius 1 is 1.09 bits per heavy atom. The predicted molar refractivity (Wildman–Crippen MR) is 139 cm³/mol. The lowest BCUT2D eigenvalue weighted by Crippen LogP contribution is -2.32. The number of nitrogens with one attached hydrogen (secondary N) is 1. The van der Waals surface area contributed by atoms with Crippen molar-refractivity contribution < 1.29 is 14.8 Å². The number of thioether (sulfide) groups is 1. The summed E-state index contributed by atoms with van der Waals surface area (Å²) in [4.78, 5) is 23.8. The highest BCUT2D eigenvalue weighted by Gasteiger charge is 2.51. The molecule has 3 aromatic carbocycles. The molecule has 1 heterocycles. The molecule has 0 amide bonds. The standard InChI is InChI=1S/C25H19Cl3N2O4S/c26-12-8-9-13(17(27)10-12)23-16-11-20(35-19-7-2-1-6-18(19)30(33)34)22(28)21(16)14-4-3-5-15(25(31)32)24(14)29-23/h1-10,16,20-23,29H,11H2,(H,31,32)/t16-,20+,21-,22+,23+/m0/s1. The number of nitro groups is 1. The molecular weight excluding hydrogens is 531 g/mol. The Hall–Kier alpha value is -2.45. The fourth-order valence-electron chi connectivity index (χ4n) is 5.25. The second kappa shape index (κ2) is 9.54. The SMILES string of the molecule is O=C(O)c1cccc2c1N[C@H](c1ccc(Cl)cc1Cl)[C@H]1C[C@@H](Sc3ccccc3[N+](=O)[O-])[C@@H](Cl)[C@@H]21. The molecule has 10 heteroatoms. The molecule has 1 aliphatic heterocycles. The maximum absolute atomic E-state index is 12.0. The monoisotopic (exact) mass is 548 g/mol. The van der Waals surface area contributed by atoms with Gasteiger partial charge in [0, 0.05) is 27.3 Å². The van der Waals surface area contributed by atoms with Crippen molar-refractivity contribution in [3.63, 3.8) is 0 Å². The van der Waals surface area contributed by atoms with Gasteiger partial charge >= 0.3 is 5.97 Å². The zero-order valence-corrected chi connectivity index (χ0v) is 21.1. The molecule has 0 spiro atoms. The Morgan fingerprint density at radius 2 is 1.86 bits per heavy atom. The van der Waals surface area contributed by atoms with E-state index in [1.165, 1.54) is 17.8 Å². The van der Waals surface area contributed by atoms with Gasteiger partial charge < -0.3 is 10.4 Å². The second-order valence-corrected chi connectivity index (χ2v) is 11.2. The van der Waals surface area contributed by atoms with E-state index < -0.39 is 5.97 Å². The third kappa shape index (κ3) is 4.35. The van der Waals surface area contributed by atoms with Gasteiger partial charge in [0.2, 0.25) is 0 Å². The number of nitro benzene ring substituents is 1. The van der Waals surface area contributed by atoms with E-state index in [1.807, 2.05) is 12.1 Å². The second-order valence-electron chi connectivity index (χ2n) is 8.61. The Labute approximate surface area is 220 Å². The van der Waals surface area contributed by atoms with E-state index in [4.69, 9.17) is 34.8 Å². The van der Waals surface area contributed by atoms with E-state index in [0.29, 0.717) is 27.0 Å². The number of carbonyl (C=O) groups is 1. The quantitative estimate of drug-likeness (QED) is 0.193. The number of carboxylic acid groups (broad SMARTS) is 1. The largest absolute Gasteiger partial charge is 0.478 e. The summed E-state index contributed by atoms with van der Waals surface area (Å²) in [7, 11) is 0. The highest BCUT2D eigenvalue weighted by molar-refractivity contribution is 8.00. The van der Waals surface area contributed by atoms with Crippen LogP contribution in [0.1, 0.15) is 39.9 Å². The van der Waals surface area contributed by atoms with Crippen molar-refractivity contribution in [3.05, 3.63) is 97.5 Å². The first-order valence-corrected chi connectivity index (χ1v) is 12.9. The summed E-state index contributed by atoms with van der Waals surface area (Å²) in [5, 5.41) is 25.3. The van der Waals surface area contributed by atoms with E-state index in [9.17, 15) is 20.0 Å². The van der Waals surface area contributed by atoms with E-state index in [1.54, 1.807) is 42.5 Å². The minimum Gasteiger partial charge on any atom is -0.478 e. The van der Waals surface area contributed by atoms with Crippen LogP contribution in [-0.4, -0.2) is 26.6 Å². The van der Waals surface area contributed by atoms with Gasteiger partial charge in [-0.15, -0.1) is 23.4 Å². The van der Waals surface area contributed by atoms with Crippen molar-refractivity contribution in [2.45, 2.75) is 33.9 Å². The van der Waals surface area contributed by atoms with Crippen molar-refractivity contribution in [1.29, 1.82) is 0 Å². The van der Waals surface area contributed by atoms with Crippen LogP contribution in [0.5, 0.6) is 0 Å². The van der Waals surface area contributed by atoms with Crippen LogP contribution >= 0.6 is 46.6 Å². The van der Waals surface area contributed by atoms with Gasteiger partial charge in [0.15, 0.2) is 0 Å². The van der Waals surface area contributed by atoms with E-state index in [2.05, 4.69) is 5.32 Å². The Morgan fingerprint density at radius 3 is 2.57 bits per heavy atom. The first-order valence-electron chi connectivity index (χ1n) is 10.9. The number of fused-ring (bicyclic) bond motifs is 3. The summed E-state index contributed by atoms with van der Waals surface area (Å²) in [5.74, 6) is -1.24. The molecule has 3 aromatic rings. The van der Waals surface area contributed by atoms with Gasteiger partial charge in [0.05, 0.1) is 32.5 Å². The lowest BCUT2D eigenvalue weighted by Gasteiger charge is -2.39. The number of anilines is 1. The topological polar surface area (TPSA) is 92.5 Å². The molecule has 0 bridgehead atoms. The van der Waals surface area contributed by atoms with Crippen molar-refractivity contribution in [2.75, 3.05) is 5.32 Å². The lowest BCUT2D eigenvalue weighted by molar-refractivity contribution is -0.387. The maximum Gasteiger partial charge on any atom is 0.337 e. The molecule has 0 unspecified atom stereocenters. The number of alkyl halides is 1. The predicted octanol–water partition coefficient (Wildman–Crippen LogP) is 7.64. The van der Waals surface area contributed by atoms with E-state index >= 15 is 0 Å². The highest BCUT2D eigenvalue weighted by Crippen LogP contribution is 2.59. The van der Waals surface area contributed by atoms with Crippen molar-refractivity contribution in [1.82, 2.24) is 0 Å². The van der Waals surface area contributed by atoms with Gasteiger partial charge in [-0.3, -0.25) is 10.1 Å². The summed E-state index contributed by atoms with van der Waals surface area (Å²) < 4.78 is 0. The molecule has 1 saturated carbocycles. The van der Waals surface area contributed by atoms with Crippen LogP contribution < -0.4 is 5.32 Å². The third-order valence-electron chi connectivity index (χ3n) is 6.72. The van der Waals surface area contributed by atoms with Crippen molar-refractivity contribution >= 4 is 63.9 Å². The number of aromatic carboxylic acids is 1. The fraction of sp³-hybridized carbons (Fsp3) is 0.240.